The largest absolute Gasteiger partial charge is 0.505 e. The van der Waals surface area contributed by atoms with Crippen molar-refractivity contribution in [2.45, 2.75) is 19.9 Å². The molecule has 0 aliphatic carbocycles. The van der Waals surface area contributed by atoms with Gasteiger partial charge in [0, 0.05) is 19.3 Å². The number of aromatic nitrogens is 2. The fraction of sp³-hybridized carbons (Fsp3) is 0.292. The van der Waals surface area contributed by atoms with Gasteiger partial charge in [-0.25, -0.2) is 4.98 Å². The summed E-state index contributed by atoms with van der Waals surface area (Å²) in [6.07, 6.45) is 1.79. The summed E-state index contributed by atoms with van der Waals surface area (Å²) in [5.74, 6) is -1.47. The quantitative estimate of drug-likeness (QED) is 0.392. The lowest BCUT2D eigenvalue weighted by Gasteiger charge is -2.26. The number of amides is 1. The highest BCUT2D eigenvalue weighted by molar-refractivity contribution is 6.46. The Kier molecular flexibility index (Phi) is 5.37. The predicted molar refractivity (Wildman–Crippen MR) is 119 cm³/mol. The van der Waals surface area contributed by atoms with Crippen molar-refractivity contribution in [3.05, 3.63) is 76.7 Å². The average molecular weight is 418 g/mol. The number of fused-ring (bicyclic) bond motifs is 1. The molecule has 0 bridgehead atoms. The van der Waals surface area contributed by atoms with E-state index in [0.29, 0.717) is 30.1 Å². The van der Waals surface area contributed by atoms with E-state index in [1.807, 2.05) is 68.4 Å². The van der Waals surface area contributed by atoms with E-state index in [4.69, 9.17) is 0 Å². The van der Waals surface area contributed by atoms with Crippen LogP contribution in [-0.2, 0) is 9.59 Å². The van der Waals surface area contributed by atoms with Crippen molar-refractivity contribution in [1.82, 2.24) is 19.2 Å². The fourth-order valence-electron chi connectivity index (χ4n) is 4.04. The SMILES string of the molecule is Cc1ccc([C@@H]2/C(=C(\O)c3c(C)nc4ccccn34)C(=O)C(=O)N2CCN(C)C)cc1. The molecule has 7 heteroatoms. The Morgan fingerprint density at radius 1 is 1.10 bits per heavy atom. The molecule has 1 aromatic carbocycles. The summed E-state index contributed by atoms with van der Waals surface area (Å²) in [4.78, 5) is 34.1. The molecule has 1 fully saturated rings. The first-order valence-corrected chi connectivity index (χ1v) is 10.2. The smallest absolute Gasteiger partial charge is 0.295 e. The zero-order valence-electron chi connectivity index (χ0n) is 18.2. The number of aryl methyl sites for hydroxylation is 2. The van der Waals surface area contributed by atoms with Gasteiger partial charge in [0.05, 0.1) is 17.3 Å². The molecular formula is C24H26N4O3. The molecule has 1 saturated heterocycles. The van der Waals surface area contributed by atoms with Crippen LogP contribution in [0.2, 0.25) is 0 Å². The lowest BCUT2D eigenvalue weighted by Crippen LogP contribution is -2.35. The van der Waals surface area contributed by atoms with Crippen LogP contribution in [0.15, 0.2) is 54.2 Å². The van der Waals surface area contributed by atoms with Gasteiger partial charge < -0.3 is 14.9 Å². The summed E-state index contributed by atoms with van der Waals surface area (Å²) in [6.45, 7) is 4.74. The molecule has 7 nitrogen and oxygen atoms in total. The second-order valence-electron chi connectivity index (χ2n) is 8.18. The molecule has 1 aliphatic rings. The number of likely N-dealkylation sites (tertiary alicyclic amines) is 1. The second-order valence-corrected chi connectivity index (χ2v) is 8.18. The summed E-state index contributed by atoms with van der Waals surface area (Å²) in [7, 11) is 3.83. The number of rotatable bonds is 5. The monoisotopic (exact) mass is 418 g/mol. The molecule has 0 saturated carbocycles. The number of Topliss-reactive ketones (excluding diaryl/α,β-unsaturated/α-hetero) is 1. The van der Waals surface area contributed by atoms with Crippen molar-refractivity contribution in [2.24, 2.45) is 0 Å². The number of aliphatic hydroxyl groups is 1. The van der Waals surface area contributed by atoms with Crippen LogP contribution in [0.1, 0.15) is 28.6 Å². The first kappa shape index (κ1) is 20.8. The topological polar surface area (TPSA) is 78.1 Å². The van der Waals surface area contributed by atoms with Crippen LogP contribution >= 0.6 is 0 Å². The van der Waals surface area contributed by atoms with Gasteiger partial charge >= 0.3 is 0 Å². The summed E-state index contributed by atoms with van der Waals surface area (Å²) in [5, 5.41) is 11.4. The van der Waals surface area contributed by atoms with Crippen molar-refractivity contribution in [1.29, 1.82) is 0 Å². The van der Waals surface area contributed by atoms with Gasteiger partial charge in [0.15, 0.2) is 5.76 Å². The zero-order valence-corrected chi connectivity index (χ0v) is 18.2. The lowest BCUT2D eigenvalue weighted by molar-refractivity contribution is -0.140. The normalized spacial score (nSPS) is 18.5. The highest BCUT2D eigenvalue weighted by Gasteiger charge is 2.46. The van der Waals surface area contributed by atoms with Crippen molar-refractivity contribution >= 4 is 23.1 Å². The van der Waals surface area contributed by atoms with E-state index in [2.05, 4.69) is 4.98 Å². The maximum atomic E-state index is 13.1. The van der Waals surface area contributed by atoms with Crippen LogP contribution in [0.25, 0.3) is 11.4 Å². The molecule has 1 aliphatic heterocycles. The Balaban J connectivity index is 1.92. The third-order valence-electron chi connectivity index (χ3n) is 5.65. The Labute approximate surface area is 181 Å². The number of imidazole rings is 1. The average Bonchev–Trinajstić information content (AvgIpc) is 3.20. The van der Waals surface area contributed by atoms with Crippen LogP contribution in [0.5, 0.6) is 0 Å². The summed E-state index contributed by atoms with van der Waals surface area (Å²) in [6, 6.07) is 12.6. The highest BCUT2D eigenvalue weighted by atomic mass is 16.3. The van der Waals surface area contributed by atoms with Gasteiger partial charge in [-0.2, -0.15) is 0 Å². The van der Waals surface area contributed by atoms with Crippen LogP contribution in [0, 0.1) is 13.8 Å². The minimum atomic E-state index is -0.674. The van der Waals surface area contributed by atoms with Crippen LogP contribution in [0.4, 0.5) is 0 Å². The minimum absolute atomic E-state index is 0.0985. The van der Waals surface area contributed by atoms with E-state index in [9.17, 15) is 14.7 Å². The predicted octanol–water partition coefficient (Wildman–Crippen LogP) is 2.93. The Bertz CT molecular complexity index is 1190. The number of nitrogens with zero attached hydrogens (tertiary/aromatic N) is 4. The molecule has 0 unspecified atom stereocenters. The van der Waals surface area contributed by atoms with Gasteiger partial charge in [-0.3, -0.25) is 14.0 Å². The van der Waals surface area contributed by atoms with Gasteiger partial charge in [-0.05, 0) is 45.6 Å². The minimum Gasteiger partial charge on any atom is -0.505 e. The van der Waals surface area contributed by atoms with E-state index in [1.54, 1.807) is 22.4 Å². The van der Waals surface area contributed by atoms with Gasteiger partial charge in [0.25, 0.3) is 11.7 Å². The van der Waals surface area contributed by atoms with Crippen LogP contribution < -0.4 is 0 Å². The molecule has 0 radical (unpaired) electrons. The van der Waals surface area contributed by atoms with Gasteiger partial charge in [-0.1, -0.05) is 35.9 Å². The van der Waals surface area contributed by atoms with E-state index in [0.717, 1.165) is 11.1 Å². The summed E-state index contributed by atoms with van der Waals surface area (Å²) >= 11 is 0. The number of aliphatic hydroxyl groups excluding tert-OH is 1. The molecule has 2 aromatic heterocycles. The Morgan fingerprint density at radius 3 is 2.48 bits per heavy atom. The van der Waals surface area contributed by atoms with Crippen molar-refractivity contribution in [3.8, 4) is 0 Å². The number of carbonyl (C=O) groups excluding carboxylic acids is 2. The molecule has 4 rings (SSSR count). The van der Waals surface area contributed by atoms with Crippen LogP contribution in [0.3, 0.4) is 0 Å². The molecule has 3 heterocycles. The number of carbonyl (C=O) groups is 2. The molecule has 31 heavy (non-hydrogen) atoms. The third kappa shape index (κ3) is 3.61. The number of hydrogen-bond acceptors (Lipinski definition) is 5. The Morgan fingerprint density at radius 2 is 1.81 bits per heavy atom. The summed E-state index contributed by atoms with van der Waals surface area (Å²) in [5.41, 5.74) is 3.64. The number of ketones is 1. The van der Waals surface area contributed by atoms with Crippen molar-refractivity contribution in [2.75, 3.05) is 27.2 Å². The first-order chi connectivity index (χ1) is 14.8. The van der Waals surface area contributed by atoms with E-state index in [-0.39, 0.29) is 11.3 Å². The number of hydrogen-bond donors (Lipinski definition) is 1. The molecule has 1 amide bonds. The molecule has 1 atom stereocenters. The van der Waals surface area contributed by atoms with Gasteiger partial charge in [0.2, 0.25) is 0 Å². The van der Waals surface area contributed by atoms with E-state index >= 15 is 0 Å². The highest BCUT2D eigenvalue weighted by Crippen LogP contribution is 2.39. The molecular weight excluding hydrogens is 392 g/mol. The standard InChI is InChI=1S/C24H26N4O3/c1-15-8-10-17(11-9-15)21-19(23(30)24(31)28(21)14-13-26(3)4)22(29)20-16(2)25-18-7-5-6-12-27(18)20/h5-12,21,29H,13-14H2,1-4H3/b22-19+/t21-/m1/s1. The number of likely N-dealkylation sites (N-methyl/N-ethyl adjacent to an activating group) is 1. The van der Waals surface area contributed by atoms with Gasteiger partial charge in [0.1, 0.15) is 11.3 Å². The van der Waals surface area contributed by atoms with Crippen LogP contribution in [-0.4, -0.2) is 63.2 Å². The maximum absolute atomic E-state index is 13.1. The molecule has 1 N–H and O–H groups in total. The lowest BCUT2D eigenvalue weighted by atomic mass is 9.95. The molecule has 0 spiro atoms. The fourth-order valence-corrected chi connectivity index (χ4v) is 4.04. The first-order valence-electron chi connectivity index (χ1n) is 10.2. The van der Waals surface area contributed by atoms with E-state index in [1.165, 1.54) is 0 Å². The number of pyridine rings is 1. The number of benzene rings is 1. The van der Waals surface area contributed by atoms with E-state index < -0.39 is 17.7 Å². The Hall–Kier alpha value is -3.45. The summed E-state index contributed by atoms with van der Waals surface area (Å²) < 4.78 is 1.74. The molecule has 3 aromatic rings. The van der Waals surface area contributed by atoms with Crippen molar-refractivity contribution < 1.29 is 14.7 Å². The third-order valence-corrected chi connectivity index (χ3v) is 5.65. The maximum Gasteiger partial charge on any atom is 0.295 e. The second kappa shape index (κ2) is 8.00. The zero-order chi connectivity index (χ0) is 22.3. The molecule has 160 valence electrons. The van der Waals surface area contributed by atoms with Gasteiger partial charge in [-0.15, -0.1) is 0 Å². The van der Waals surface area contributed by atoms with Crippen molar-refractivity contribution in [3.63, 3.8) is 0 Å².